The largest absolute Gasteiger partial charge is 0.462 e. The van der Waals surface area contributed by atoms with E-state index < -0.39 is 0 Å². The number of aryl methyl sites for hydroxylation is 1. The van der Waals surface area contributed by atoms with Crippen LogP contribution in [0.4, 0.5) is 10.7 Å². The van der Waals surface area contributed by atoms with Crippen LogP contribution in [-0.4, -0.2) is 23.7 Å². The van der Waals surface area contributed by atoms with E-state index in [1.165, 1.54) is 28.0 Å². The fraction of sp³-hybridized carbons (Fsp3) is 0.400. The molecule has 1 aromatic heterocycles. The molecule has 3 N–H and O–H groups in total. The van der Waals surface area contributed by atoms with E-state index in [9.17, 15) is 9.59 Å². The van der Waals surface area contributed by atoms with Crippen molar-refractivity contribution >= 4 is 45.7 Å². The number of hydrogen-bond donors (Lipinski definition) is 2. The molecule has 3 rings (SSSR count). The lowest BCUT2D eigenvalue weighted by atomic mass is 9.95. The summed E-state index contributed by atoms with van der Waals surface area (Å²) in [7, 11) is 0. The summed E-state index contributed by atoms with van der Waals surface area (Å²) < 4.78 is 5.24. The van der Waals surface area contributed by atoms with Crippen molar-refractivity contribution in [2.75, 3.05) is 17.7 Å². The number of carbonyl (C=O) groups excluding carboxylic acids is 2. The van der Waals surface area contributed by atoms with Crippen molar-refractivity contribution in [2.24, 2.45) is 0 Å². The summed E-state index contributed by atoms with van der Waals surface area (Å²) in [4.78, 5) is 27.4. The molecule has 0 radical (unpaired) electrons. The van der Waals surface area contributed by atoms with Crippen LogP contribution >= 0.6 is 23.1 Å². The van der Waals surface area contributed by atoms with Crippen molar-refractivity contribution in [1.82, 2.24) is 0 Å². The van der Waals surface area contributed by atoms with Gasteiger partial charge in [0.2, 0.25) is 5.91 Å². The second-order valence-electron chi connectivity index (χ2n) is 6.46. The number of benzene rings is 1. The van der Waals surface area contributed by atoms with E-state index >= 15 is 0 Å². The average Bonchev–Trinajstić information content (AvgIpc) is 2.99. The SMILES string of the molecule is CCOC(=O)c1c(NC(=O)C(C)Sc2cccc(N)c2)sc2c1CCCC2. The van der Waals surface area contributed by atoms with Gasteiger partial charge < -0.3 is 15.8 Å². The molecule has 0 saturated carbocycles. The second kappa shape index (κ2) is 8.80. The Morgan fingerprint density at radius 3 is 2.85 bits per heavy atom. The molecule has 0 saturated heterocycles. The molecule has 1 amide bonds. The molecule has 0 fully saturated rings. The summed E-state index contributed by atoms with van der Waals surface area (Å²) in [5.41, 5.74) is 8.08. The highest BCUT2D eigenvalue weighted by Gasteiger charge is 2.28. The Labute approximate surface area is 167 Å². The number of fused-ring (bicyclic) bond motifs is 1. The van der Waals surface area contributed by atoms with Crippen LogP contribution in [0.15, 0.2) is 29.2 Å². The third-order valence-corrected chi connectivity index (χ3v) is 6.73. The molecule has 7 heteroatoms. The molecule has 0 spiro atoms. The lowest BCUT2D eigenvalue weighted by Gasteiger charge is -2.14. The maximum absolute atomic E-state index is 12.7. The van der Waals surface area contributed by atoms with E-state index in [0.29, 0.717) is 22.9 Å². The highest BCUT2D eigenvalue weighted by Crippen LogP contribution is 2.39. The lowest BCUT2D eigenvalue weighted by Crippen LogP contribution is -2.23. The van der Waals surface area contributed by atoms with Gasteiger partial charge in [-0.2, -0.15) is 0 Å². The average molecular weight is 405 g/mol. The number of nitrogen functional groups attached to an aromatic ring is 1. The first-order chi connectivity index (χ1) is 13.0. The Bertz CT molecular complexity index is 848. The number of anilines is 2. The smallest absolute Gasteiger partial charge is 0.341 e. The Hall–Kier alpha value is -1.99. The third kappa shape index (κ3) is 4.65. The fourth-order valence-electron chi connectivity index (χ4n) is 3.13. The lowest BCUT2D eigenvalue weighted by molar-refractivity contribution is -0.115. The maximum Gasteiger partial charge on any atom is 0.341 e. The minimum absolute atomic E-state index is 0.133. The minimum Gasteiger partial charge on any atom is -0.462 e. The van der Waals surface area contributed by atoms with E-state index in [1.807, 2.05) is 31.2 Å². The van der Waals surface area contributed by atoms with Gasteiger partial charge >= 0.3 is 5.97 Å². The molecule has 1 unspecified atom stereocenters. The van der Waals surface area contributed by atoms with Gasteiger partial charge in [0.25, 0.3) is 0 Å². The van der Waals surface area contributed by atoms with Crippen LogP contribution in [0.1, 0.15) is 47.5 Å². The monoisotopic (exact) mass is 404 g/mol. The van der Waals surface area contributed by atoms with Crippen LogP contribution in [0.3, 0.4) is 0 Å². The number of thioether (sulfide) groups is 1. The Kier molecular flexibility index (Phi) is 6.44. The van der Waals surface area contributed by atoms with E-state index in [2.05, 4.69) is 5.32 Å². The molecular formula is C20H24N2O3S2. The molecule has 1 aromatic carbocycles. The van der Waals surface area contributed by atoms with Crippen LogP contribution in [-0.2, 0) is 22.4 Å². The molecule has 0 aliphatic heterocycles. The molecule has 1 atom stereocenters. The topological polar surface area (TPSA) is 81.4 Å². The summed E-state index contributed by atoms with van der Waals surface area (Å²) >= 11 is 2.95. The molecule has 1 aliphatic carbocycles. The zero-order valence-electron chi connectivity index (χ0n) is 15.5. The summed E-state index contributed by atoms with van der Waals surface area (Å²) in [6.07, 6.45) is 4.00. The van der Waals surface area contributed by atoms with Gasteiger partial charge in [0, 0.05) is 15.5 Å². The normalized spacial score (nSPS) is 14.3. The third-order valence-electron chi connectivity index (χ3n) is 4.43. The molecule has 0 bridgehead atoms. The first kappa shape index (κ1) is 19.8. The van der Waals surface area contributed by atoms with E-state index in [-0.39, 0.29) is 17.1 Å². The van der Waals surface area contributed by atoms with Gasteiger partial charge in [-0.1, -0.05) is 6.07 Å². The number of nitrogens with one attached hydrogen (secondary N) is 1. The molecule has 5 nitrogen and oxygen atoms in total. The van der Waals surface area contributed by atoms with Crippen molar-refractivity contribution in [1.29, 1.82) is 0 Å². The van der Waals surface area contributed by atoms with Crippen LogP contribution < -0.4 is 11.1 Å². The van der Waals surface area contributed by atoms with Crippen LogP contribution in [0.25, 0.3) is 0 Å². The standard InChI is InChI=1S/C20H24N2O3S2/c1-3-25-20(24)17-15-9-4-5-10-16(15)27-19(17)22-18(23)12(2)26-14-8-6-7-13(21)11-14/h6-8,11-12H,3-5,9-10,21H2,1-2H3,(H,22,23). The zero-order valence-corrected chi connectivity index (χ0v) is 17.2. The molecule has 2 aromatic rings. The van der Waals surface area contributed by atoms with Gasteiger partial charge in [-0.05, 0) is 63.3 Å². The molecule has 27 heavy (non-hydrogen) atoms. The highest BCUT2D eigenvalue weighted by atomic mass is 32.2. The first-order valence-electron chi connectivity index (χ1n) is 9.14. The van der Waals surface area contributed by atoms with Gasteiger partial charge in [-0.25, -0.2) is 4.79 Å². The zero-order chi connectivity index (χ0) is 19.4. The predicted molar refractivity (Wildman–Crippen MR) is 112 cm³/mol. The number of rotatable bonds is 6. The molecule has 1 heterocycles. The number of ether oxygens (including phenoxy) is 1. The number of esters is 1. The minimum atomic E-state index is -0.344. The number of thiophene rings is 1. The second-order valence-corrected chi connectivity index (χ2v) is 8.98. The van der Waals surface area contributed by atoms with E-state index in [0.717, 1.165) is 36.1 Å². The molecular weight excluding hydrogens is 380 g/mol. The summed E-state index contributed by atoms with van der Waals surface area (Å²) in [5.74, 6) is -0.477. The summed E-state index contributed by atoms with van der Waals surface area (Å²) in [5, 5.41) is 3.27. The quantitative estimate of drug-likeness (QED) is 0.421. The van der Waals surface area contributed by atoms with Crippen molar-refractivity contribution < 1.29 is 14.3 Å². The Morgan fingerprint density at radius 2 is 2.11 bits per heavy atom. The number of hydrogen-bond acceptors (Lipinski definition) is 6. The van der Waals surface area contributed by atoms with Crippen LogP contribution in [0.5, 0.6) is 0 Å². The maximum atomic E-state index is 12.7. The Morgan fingerprint density at radius 1 is 1.33 bits per heavy atom. The Balaban J connectivity index is 1.78. The number of amides is 1. The van der Waals surface area contributed by atoms with Crippen molar-refractivity contribution in [3.63, 3.8) is 0 Å². The first-order valence-corrected chi connectivity index (χ1v) is 10.8. The van der Waals surface area contributed by atoms with Crippen LogP contribution in [0, 0.1) is 0 Å². The van der Waals surface area contributed by atoms with Gasteiger partial charge in [-0.15, -0.1) is 23.1 Å². The van der Waals surface area contributed by atoms with Gasteiger partial charge in [0.1, 0.15) is 5.00 Å². The van der Waals surface area contributed by atoms with Crippen molar-refractivity contribution in [3.05, 3.63) is 40.3 Å². The van der Waals surface area contributed by atoms with Crippen molar-refractivity contribution in [3.8, 4) is 0 Å². The number of nitrogens with two attached hydrogens (primary N) is 1. The predicted octanol–water partition coefficient (Wildman–Crippen LogP) is 4.51. The van der Waals surface area contributed by atoms with Gasteiger partial charge in [-0.3, -0.25) is 4.79 Å². The van der Waals surface area contributed by atoms with E-state index in [4.69, 9.17) is 10.5 Å². The molecule has 1 aliphatic rings. The van der Waals surface area contributed by atoms with Gasteiger partial charge in [0.05, 0.1) is 17.4 Å². The summed E-state index contributed by atoms with van der Waals surface area (Å²) in [6, 6.07) is 7.46. The number of carbonyl (C=O) groups is 2. The van der Waals surface area contributed by atoms with Crippen molar-refractivity contribution in [2.45, 2.75) is 49.7 Å². The fourth-order valence-corrected chi connectivity index (χ4v) is 5.35. The summed E-state index contributed by atoms with van der Waals surface area (Å²) in [6.45, 7) is 3.96. The van der Waals surface area contributed by atoms with Gasteiger partial charge in [0.15, 0.2) is 0 Å². The van der Waals surface area contributed by atoms with E-state index in [1.54, 1.807) is 6.92 Å². The highest BCUT2D eigenvalue weighted by molar-refractivity contribution is 8.00. The molecule has 144 valence electrons. The van der Waals surface area contributed by atoms with Crippen LogP contribution in [0.2, 0.25) is 0 Å².